The molecular weight excluding hydrogens is 262 g/mol. The zero-order valence-corrected chi connectivity index (χ0v) is 12.4. The number of imide groups is 1. The van der Waals surface area contributed by atoms with Crippen LogP contribution >= 0.6 is 0 Å². The fraction of sp³-hybridized carbons (Fsp3) is 0.769. The van der Waals surface area contributed by atoms with Crippen LogP contribution in [0.15, 0.2) is 0 Å². The quantitative estimate of drug-likeness (QED) is 0.567. The van der Waals surface area contributed by atoms with Gasteiger partial charge in [0.15, 0.2) is 0 Å². The number of carboxylic acid groups (broad SMARTS) is 1. The van der Waals surface area contributed by atoms with Crippen molar-refractivity contribution >= 4 is 17.9 Å². The monoisotopic (exact) mass is 285 g/mol. The molecule has 3 amide bonds. The third kappa shape index (κ3) is 4.19. The predicted molar refractivity (Wildman–Crippen MR) is 73.2 cm³/mol. The van der Waals surface area contributed by atoms with Crippen molar-refractivity contribution in [3.8, 4) is 0 Å². The number of hydrogen-bond donors (Lipinski definition) is 4. The third-order valence-electron chi connectivity index (χ3n) is 3.95. The molecule has 0 heterocycles. The van der Waals surface area contributed by atoms with Crippen LogP contribution in [0.1, 0.15) is 40.5 Å². The van der Waals surface area contributed by atoms with Crippen LogP contribution in [0, 0.1) is 5.41 Å². The maximum atomic E-state index is 11.6. The van der Waals surface area contributed by atoms with Gasteiger partial charge in [-0.25, -0.2) is 4.79 Å². The lowest BCUT2D eigenvalue weighted by Crippen LogP contribution is -2.57. The van der Waals surface area contributed by atoms with Crippen molar-refractivity contribution in [1.82, 2.24) is 16.0 Å². The topological polar surface area (TPSA) is 108 Å². The van der Waals surface area contributed by atoms with E-state index in [0.717, 1.165) is 12.8 Å². The van der Waals surface area contributed by atoms with E-state index in [1.54, 1.807) is 27.7 Å². The van der Waals surface area contributed by atoms with Gasteiger partial charge in [-0.15, -0.1) is 0 Å². The highest BCUT2D eigenvalue weighted by atomic mass is 16.4. The molecule has 114 valence electrons. The summed E-state index contributed by atoms with van der Waals surface area (Å²) >= 11 is 0. The van der Waals surface area contributed by atoms with Gasteiger partial charge >= 0.3 is 12.0 Å². The van der Waals surface area contributed by atoms with Gasteiger partial charge in [0.2, 0.25) is 5.91 Å². The van der Waals surface area contributed by atoms with Gasteiger partial charge in [-0.3, -0.25) is 14.9 Å². The van der Waals surface area contributed by atoms with Crippen LogP contribution in [0.4, 0.5) is 4.79 Å². The van der Waals surface area contributed by atoms with E-state index in [4.69, 9.17) is 0 Å². The van der Waals surface area contributed by atoms with Gasteiger partial charge in [-0.1, -0.05) is 0 Å². The molecule has 0 saturated heterocycles. The molecule has 0 aliphatic heterocycles. The molecule has 1 saturated carbocycles. The Morgan fingerprint density at radius 3 is 2.15 bits per heavy atom. The lowest BCUT2D eigenvalue weighted by molar-refractivity contribution is -0.151. The van der Waals surface area contributed by atoms with Crippen LogP contribution in [0.5, 0.6) is 0 Å². The first-order valence-corrected chi connectivity index (χ1v) is 6.65. The number of carbonyl (C=O) groups is 3. The van der Waals surface area contributed by atoms with Crippen LogP contribution in [-0.2, 0) is 9.59 Å². The van der Waals surface area contributed by atoms with Crippen LogP contribution in [-0.4, -0.2) is 41.1 Å². The van der Waals surface area contributed by atoms with Gasteiger partial charge in [0.05, 0.1) is 12.0 Å². The summed E-state index contributed by atoms with van der Waals surface area (Å²) in [7, 11) is 0. The summed E-state index contributed by atoms with van der Waals surface area (Å²) < 4.78 is 0. The van der Waals surface area contributed by atoms with Gasteiger partial charge in [0.1, 0.15) is 0 Å². The Morgan fingerprint density at radius 2 is 1.70 bits per heavy atom. The summed E-state index contributed by atoms with van der Waals surface area (Å²) in [5, 5.41) is 16.9. The van der Waals surface area contributed by atoms with Gasteiger partial charge in [0, 0.05) is 11.6 Å². The molecule has 7 heteroatoms. The van der Waals surface area contributed by atoms with E-state index in [2.05, 4.69) is 16.0 Å². The van der Waals surface area contributed by atoms with Crippen LogP contribution in [0.3, 0.4) is 0 Å². The van der Waals surface area contributed by atoms with E-state index in [9.17, 15) is 19.5 Å². The van der Waals surface area contributed by atoms with Gasteiger partial charge in [0.25, 0.3) is 0 Å². The summed E-state index contributed by atoms with van der Waals surface area (Å²) in [6, 6.07) is -0.326. The average molecular weight is 285 g/mol. The largest absolute Gasteiger partial charge is 0.481 e. The summed E-state index contributed by atoms with van der Waals surface area (Å²) in [5.74, 6) is -1.45. The highest BCUT2D eigenvalue weighted by Crippen LogP contribution is 2.30. The number of hydrogen-bond acceptors (Lipinski definition) is 4. The number of amides is 3. The van der Waals surface area contributed by atoms with E-state index < -0.39 is 28.9 Å². The Labute approximate surface area is 118 Å². The van der Waals surface area contributed by atoms with Crippen LogP contribution < -0.4 is 16.0 Å². The molecule has 0 aromatic carbocycles. The van der Waals surface area contributed by atoms with Gasteiger partial charge < -0.3 is 15.7 Å². The summed E-state index contributed by atoms with van der Waals surface area (Å²) in [6.07, 6.45) is 1.89. The second-order valence-corrected chi connectivity index (χ2v) is 6.20. The molecule has 1 rings (SSSR count). The molecule has 1 aliphatic carbocycles. The summed E-state index contributed by atoms with van der Waals surface area (Å²) in [6.45, 7) is 6.46. The van der Waals surface area contributed by atoms with Crippen molar-refractivity contribution in [2.45, 2.75) is 52.1 Å². The fourth-order valence-electron chi connectivity index (χ4n) is 1.41. The minimum Gasteiger partial charge on any atom is -0.481 e. The molecule has 0 bridgehead atoms. The standard InChI is InChI=1S/C13H23N3O4/c1-12(2,10(18)19)13(3,4)14-7-9(17)16-11(20)15-8-5-6-8/h8,14H,5-7H2,1-4H3,(H,18,19)(H2,15,16,17,20). The van der Waals surface area contributed by atoms with Crippen molar-refractivity contribution in [2.24, 2.45) is 5.41 Å². The smallest absolute Gasteiger partial charge is 0.321 e. The zero-order valence-electron chi connectivity index (χ0n) is 12.4. The predicted octanol–water partition coefficient (Wildman–Crippen LogP) is 0.454. The third-order valence-corrected chi connectivity index (χ3v) is 3.95. The number of aliphatic carboxylic acids is 1. The highest BCUT2D eigenvalue weighted by Gasteiger charge is 2.43. The number of rotatable bonds is 6. The molecule has 4 N–H and O–H groups in total. The van der Waals surface area contributed by atoms with Crippen LogP contribution in [0.2, 0.25) is 0 Å². The van der Waals surface area contributed by atoms with E-state index >= 15 is 0 Å². The number of carboxylic acids is 1. The lowest BCUT2D eigenvalue weighted by atomic mass is 9.74. The van der Waals surface area contributed by atoms with E-state index in [1.807, 2.05) is 0 Å². The summed E-state index contributed by atoms with van der Waals surface area (Å²) in [4.78, 5) is 34.2. The maximum absolute atomic E-state index is 11.6. The van der Waals surface area contributed by atoms with Crippen LogP contribution in [0.25, 0.3) is 0 Å². The van der Waals surface area contributed by atoms with Crippen molar-refractivity contribution in [1.29, 1.82) is 0 Å². The minimum absolute atomic E-state index is 0.123. The first-order valence-electron chi connectivity index (χ1n) is 6.65. The van der Waals surface area contributed by atoms with Gasteiger partial charge in [-0.05, 0) is 40.5 Å². The molecular formula is C13H23N3O4. The first-order chi connectivity index (χ1) is 9.06. The maximum Gasteiger partial charge on any atom is 0.321 e. The molecule has 0 aromatic heterocycles. The average Bonchev–Trinajstić information content (AvgIpc) is 3.09. The Balaban J connectivity index is 2.42. The SMILES string of the molecule is CC(C)(NCC(=O)NC(=O)NC1CC1)C(C)(C)C(=O)O. The molecule has 0 unspecified atom stereocenters. The summed E-state index contributed by atoms with van der Waals surface area (Å²) in [5.41, 5.74) is -1.85. The number of carbonyl (C=O) groups excluding carboxylic acids is 2. The normalized spacial score (nSPS) is 15.6. The van der Waals surface area contributed by atoms with E-state index in [-0.39, 0.29) is 12.6 Å². The minimum atomic E-state index is -1.05. The first kappa shape index (κ1) is 16.4. The lowest BCUT2D eigenvalue weighted by Gasteiger charge is -2.38. The Hall–Kier alpha value is -1.63. The van der Waals surface area contributed by atoms with Crippen molar-refractivity contribution < 1.29 is 19.5 Å². The van der Waals surface area contributed by atoms with Crippen molar-refractivity contribution in [3.63, 3.8) is 0 Å². The highest BCUT2D eigenvalue weighted by molar-refractivity contribution is 5.95. The molecule has 7 nitrogen and oxygen atoms in total. The Kier molecular flexibility index (Phi) is 4.75. The second-order valence-electron chi connectivity index (χ2n) is 6.20. The number of nitrogens with one attached hydrogen (secondary N) is 3. The van der Waals surface area contributed by atoms with Gasteiger partial charge in [-0.2, -0.15) is 0 Å². The molecule has 20 heavy (non-hydrogen) atoms. The molecule has 1 fully saturated rings. The molecule has 0 radical (unpaired) electrons. The zero-order chi connectivity index (χ0) is 15.6. The molecule has 0 atom stereocenters. The second kappa shape index (κ2) is 5.78. The molecule has 1 aliphatic rings. The van der Waals surface area contributed by atoms with Crippen molar-refractivity contribution in [3.05, 3.63) is 0 Å². The van der Waals surface area contributed by atoms with E-state index in [1.165, 1.54) is 0 Å². The number of urea groups is 1. The van der Waals surface area contributed by atoms with Crippen molar-refractivity contribution in [2.75, 3.05) is 6.54 Å². The fourth-order valence-corrected chi connectivity index (χ4v) is 1.41. The van der Waals surface area contributed by atoms with E-state index in [0.29, 0.717) is 0 Å². The molecule has 0 aromatic rings. The Bertz CT molecular complexity index is 414. The molecule has 0 spiro atoms. The Morgan fingerprint density at radius 1 is 1.15 bits per heavy atom.